The molecule has 0 fully saturated rings. The third-order valence-electron chi connectivity index (χ3n) is 4.25. The minimum atomic E-state index is -5.28. The number of hydrogen-bond donors (Lipinski definition) is 1. The van der Waals surface area contributed by atoms with E-state index in [1.54, 1.807) is 23.5 Å². The molecule has 3 rings (SSSR count). The molecule has 9 heteroatoms. The molecule has 0 saturated carbocycles. The van der Waals surface area contributed by atoms with E-state index in [2.05, 4.69) is 11.6 Å². The number of amides is 2. The van der Waals surface area contributed by atoms with Crippen LogP contribution in [0.15, 0.2) is 72.2 Å². The summed E-state index contributed by atoms with van der Waals surface area (Å²) < 4.78 is 56.1. The number of nitrogens with zero attached hydrogens (tertiary/aromatic N) is 2. The summed E-state index contributed by atoms with van der Waals surface area (Å²) in [7, 11) is 0. The van der Waals surface area contributed by atoms with E-state index in [9.17, 15) is 27.2 Å². The van der Waals surface area contributed by atoms with E-state index >= 15 is 0 Å². The van der Waals surface area contributed by atoms with Gasteiger partial charge in [0.05, 0.1) is 5.56 Å². The molecule has 1 aliphatic rings. The Morgan fingerprint density at radius 1 is 1.14 bits per heavy atom. The Morgan fingerprint density at radius 2 is 1.76 bits per heavy atom. The molecule has 0 aromatic heterocycles. The van der Waals surface area contributed by atoms with Gasteiger partial charge in [-0.25, -0.2) is 9.38 Å². The second-order valence-electron chi connectivity index (χ2n) is 6.15. The molecule has 29 heavy (non-hydrogen) atoms. The highest BCUT2D eigenvalue weighted by Gasteiger charge is 2.67. The zero-order chi connectivity index (χ0) is 21.2. The predicted octanol–water partition coefficient (Wildman–Crippen LogP) is 3.29. The van der Waals surface area contributed by atoms with Gasteiger partial charge in [0.25, 0.3) is 11.8 Å². The molecule has 0 bridgehead atoms. The van der Waals surface area contributed by atoms with Crippen LogP contribution in [0.3, 0.4) is 0 Å². The lowest BCUT2D eigenvalue weighted by Gasteiger charge is -2.29. The smallest absolute Gasteiger partial charge is 0.312 e. The Labute approximate surface area is 163 Å². The lowest BCUT2D eigenvalue weighted by molar-refractivity contribution is -0.196. The Balaban J connectivity index is 2.13. The van der Waals surface area contributed by atoms with Crippen LogP contribution in [0.4, 0.5) is 17.6 Å². The van der Waals surface area contributed by atoms with Gasteiger partial charge in [-0.3, -0.25) is 14.5 Å². The number of amidine groups is 1. The largest absolute Gasteiger partial charge is 0.442 e. The SMILES string of the molecule is C=CCN1C(=O)C(NC(=O)c2ccccc2F)(C(F)(F)F)N=C1c1ccccc1. The Kier molecular flexibility index (Phi) is 5.23. The van der Waals surface area contributed by atoms with E-state index < -0.39 is 35.0 Å². The number of rotatable bonds is 5. The summed E-state index contributed by atoms with van der Waals surface area (Å²) in [4.78, 5) is 29.6. The second kappa shape index (κ2) is 7.50. The van der Waals surface area contributed by atoms with Gasteiger partial charge in [-0.2, -0.15) is 13.2 Å². The molecule has 0 radical (unpaired) electrons. The second-order valence-corrected chi connectivity index (χ2v) is 6.15. The Bertz CT molecular complexity index is 989. The van der Waals surface area contributed by atoms with Crippen molar-refractivity contribution in [2.45, 2.75) is 11.8 Å². The normalized spacial score (nSPS) is 19.1. The van der Waals surface area contributed by atoms with E-state index in [4.69, 9.17) is 0 Å². The van der Waals surface area contributed by atoms with Crippen molar-refractivity contribution in [3.05, 3.63) is 84.2 Å². The zero-order valence-electron chi connectivity index (χ0n) is 14.9. The summed E-state index contributed by atoms with van der Waals surface area (Å²) in [6.45, 7) is 3.19. The molecule has 5 nitrogen and oxygen atoms in total. The van der Waals surface area contributed by atoms with Crippen LogP contribution in [-0.2, 0) is 4.79 Å². The van der Waals surface area contributed by atoms with Crippen LogP contribution in [0.1, 0.15) is 15.9 Å². The Morgan fingerprint density at radius 3 is 2.34 bits per heavy atom. The van der Waals surface area contributed by atoms with Gasteiger partial charge in [0.1, 0.15) is 11.7 Å². The maximum atomic E-state index is 14.1. The molecule has 0 saturated heterocycles. The van der Waals surface area contributed by atoms with Crippen LogP contribution >= 0.6 is 0 Å². The van der Waals surface area contributed by atoms with Crippen LogP contribution in [-0.4, -0.2) is 40.9 Å². The maximum absolute atomic E-state index is 14.1. The highest BCUT2D eigenvalue weighted by Crippen LogP contribution is 2.38. The lowest BCUT2D eigenvalue weighted by atomic mass is 10.1. The number of benzene rings is 2. The van der Waals surface area contributed by atoms with Crippen LogP contribution in [0.25, 0.3) is 0 Å². The molecule has 1 N–H and O–H groups in total. The first kappa shape index (κ1) is 20.2. The maximum Gasteiger partial charge on any atom is 0.442 e. The van der Waals surface area contributed by atoms with Crippen molar-refractivity contribution in [3.8, 4) is 0 Å². The molecule has 1 unspecified atom stereocenters. The molecule has 150 valence electrons. The van der Waals surface area contributed by atoms with E-state index in [-0.39, 0.29) is 17.9 Å². The molecule has 0 aliphatic carbocycles. The van der Waals surface area contributed by atoms with Crippen molar-refractivity contribution in [3.63, 3.8) is 0 Å². The number of halogens is 4. The van der Waals surface area contributed by atoms with E-state index in [1.807, 2.05) is 0 Å². The first-order chi connectivity index (χ1) is 13.7. The van der Waals surface area contributed by atoms with Gasteiger partial charge in [0, 0.05) is 12.1 Å². The van der Waals surface area contributed by atoms with Crippen LogP contribution < -0.4 is 5.32 Å². The average Bonchev–Trinajstić information content (AvgIpc) is 2.96. The van der Waals surface area contributed by atoms with Gasteiger partial charge in [0.2, 0.25) is 0 Å². The zero-order valence-corrected chi connectivity index (χ0v) is 14.9. The number of carbonyl (C=O) groups excluding carboxylic acids is 2. The molecular formula is C20H15F4N3O2. The van der Waals surface area contributed by atoms with Gasteiger partial charge in [-0.05, 0) is 12.1 Å². The van der Waals surface area contributed by atoms with Gasteiger partial charge >= 0.3 is 11.8 Å². The summed E-state index contributed by atoms with van der Waals surface area (Å²) in [6, 6.07) is 12.3. The van der Waals surface area contributed by atoms with E-state index in [0.717, 1.165) is 17.0 Å². The molecule has 1 heterocycles. The predicted molar refractivity (Wildman–Crippen MR) is 97.5 cm³/mol. The van der Waals surface area contributed by atoms with Gasteiger partial charge in [-0.1, -0.05) is 48.5 Å². The standard InChI is InChI=1S/C20H15F4N3O2/c1-2-12-27-16(13-8-4-3-5-9-13)25-19(18(27)29,20(22,23)24)26-17(28)14-10-6-7-11-15(14)21/h2-11H,1,12H2,(H,26,28). The average molecular weight is 405 g/mol. The van der Waals surface area contributed by atoms with Crippen LogP contribution in [0, 0.1) is 5.82 Å². The van der Waals surface area contributed by atoms with Crippen molar-refractivity contribution >= 4 is 17.6 Å². The van der Waals surface area contributed by atoms with Crippen molar-refractivity contribution in [1.29, 1.82) is 0 Å². The van der Waals surface area contributed by atoms with Gasteiger partial charge in [0.15, 0.2) is 0 Å². The van der Waals surface area contributed by atoms with Gasteiger partial charge < -0.3 is 5.32 Å². The molecular weight excluding hydrogens is 390 g/mol. The fourth-order valence-corrected chi connectivity index (χ4v) is 2.88. The lowest BCUT2D eigenvalue weighted by Crippen LogP contribution is -2.63. The quantitative estimate of drug-likeness (QED) is 0.613. The van der Waals surface area contributed by atoms with E-state index in [0.29, 0.717) is 0 Å². The summed E-state index contributed by atoms with van der Waals surface area (Å²) in [5, 5.41) is 1.61. The highest BCUT2D eigenvalue weighted by molar-refractivity contribution is 6.16. The summed E-state index contributed by atoms with van der Waals surface area (Å²) in [5.74, 6) is -4.22. The summed E-state index contributed by atoms with van der Waals surface area (Å²) in [5.41, 5.74) is -3.97. The molecule has 0 spiro atoms. The van der Waals surface area contributed by atoms with Crippen LogP contribution in [0.5, 0.6) is 0 Å². The summed E-state index contributed by atoms with van der Waals surface area (Å²) in [6.07, 6.45) is -4.04. The minimum absolute atomic E-state index is 0.244. The molecule has 2 aromatic rings. The van der Waals surface area contributed by atoms with Crippen molar-refractivity contribution in [1.82, 2.24) is 10.2 Å². The van der Waals surface area contributed by atoms with Crippen molar-refractivity contribution in [2.75, 3.05) is 6.54 Å². The minimum Gasteiger partial charge on any atom is -0.312 e. The fourth-order valence-electron chi connectivity index (χ4n) is 2.88. The van der Waals surface area contributed by atoms with Crippen molar-refractivity contribution in [2.24, 2.45) is 4.99 Å². The number of nitrogens with one attached hydrogen (secondary N) is 1. The molecule has 1 aliphatic heterocycles. The molecule has 1 atom stereocenters. The topological polar surface area (TPSA) is 61.8 Å². The first-order valence-corrected chi connectivity index (χ1v) is 8.43. The van der Waals surface area contributed by atoms with Crippen LogP contribution in [0.2, 0.25) is 0 Å². The Hall–Kier alpha value is -3.49. The highest BCUT2D eigenvalue weighted by atomic mass is 19.4. The number of alkyl halides is 3. The molecule has 2 amide bonds. The molecule has 2 aromatic carbocycles. The van der Waals surface area contributed by atoms with E-state index in [1.165, 1.54) is 30.3 Å². The fraction of sp³-hybridized carbons (Fsp3) is 0.150. The monoisotopic (exact) mass is 405 g/mol. The number of aliphatic imine (C=N–C) groups is 1. The number of carbonyl (C=O) groups is 2. The summed E-state index contributed by atoms with van der Waals surface area (Å²) >= 11 is 0. The van der Waals surface area contributed by atoms with Crippen molar-refractivity contribution < 1.29 is 27.2 Å². The number of hydrogen-bond acceptors (Lipinski definition) is 3. The van der Waals surface area contributed by atoms with Gasteiger partial charge in [-0.15, -0.1) is 6.58 Å². The first-order valence-electron chi connectivity index (χ1n) is 8.43. The third-order valence-corrected chi connectivity index (χ3v) is 4.25. The third kappa shape index (κ3) is 3.51.